The molecule has 0 atom stereocenters. The van der Waals surface area contributed by atoms with Crippen LogP contribution in [0, 0.1) is 40.0 Å². The minimum Gasteiger partial charge on any atom is -0.321 e. The van der Waals surface area contributed by atoms with Crippen molar-refractivity contribution in [3.8, 4) is 6.07 Å². The van der Waals surface area contributed by atoms with Crippen LogP contribution in [0.4, 0.5) is 23.2 Å². The highest BCUT2D eigenvalue weighted by molar-refractivity contribution is 5.97. The molecule has 1 amide bonds. The van der Waals surface area contributed by atoms with Gasteiger partial charge in [-0.15, -0.1) is 0 Å². The lowest BCUT2D eigenvalue weighted by Gasteiger charge is -2.16. The van der Waals surface area contributed by atoms with Gasteiger partial charge in [0.1, 0.15) is 17.3 Å². The summed E-state index contributed by atoms with van der Waals surface area (Å²) in [4.78, 5) is 12.0. The van der Waals surface area contributed by atoms with Crippen molar-refractivity contribution in [1.29, 1.82) is 5.26 Å². The second-order valence-corrected chi connectivity index (χ2v) is 5.10. The molecule has 112 valence electrons. The number of nitriles is 1. The molecule has 0 aliphatic heterocycles. The molecule has 1 N–H and O–H groups in total. The molecule has 1 saturated carbocycles. The number of amides is 1. The van der Waals surface area contributed by atoms with Crippen LogP contribution < -0.4 is 5.32 Å². The minimum absolute atomic E-state index is 0.531. The third-order valence-electron chi connectivity index (χ3n) is 3.68. The molecule has 21 heavy (non-hydrogen) atoms. The Bertz CT molecular complexity index is 618. The number of hydrogen-bond donors (Lipinski definition) is 1. The van der Waals surface area contributed by atoms with Crippen molar-refractivity contribution in [3.05, 3.63) is 28.8 Å². The Kier molecular flexibility index (Phi) is 3.90. The molecule has 0 spiro atoms. The van der Waals surface area contributed by atoms with Crippen LogP contribution in [0.1, 0.15) is 38.2 Å². The van der Waals surface area contributed by atoms with Crippen molar-refractivity contribution in [3.63, 3.8) is 0 Å². The summed E-state index contributed by atoms with van der Waals surface area (Å²) in [6.45, 7) is 1.86. The summed E-state index contributed by atoms with van der Waals surface area (Å²) < 4.78 is 54.3. The van der Waals surface area contributed by atoms with Gasteiger partial charge in [-0.25, -0.2) is 17.6 Å². The Morgan fingerprint density at radius 1 is 1.19 bits per heavy atom. The molecule has 2 rings (SSSR count). The third kappa shape index (κ3) is 2.46. The number of anilines is 1. The van der Waals surface area contributed by atoms with Crippen molar-refractivity contribution >= 4 is 11.6 Å². The molecule has 0 unspecified atom stereocenters. The van der Waals surface area contributed by atoms with Crippen LogP contribution in [-0.2, 0) is 4.79 Å². The molecule has 1 aliphatic rings. The molecular weight excluding hydrogens is 288 g/mol. The van der Waals surface area contributed by atoms with E-state index in [1.54, 1.807) is 0 Å². The molecule has 1 aromatic carbocycles. The lowest BCUT2D eigenvalue weighted by molar-refractivity contribution is -0.121. The Labute approximate surface area is 118 Å². The first-order valence-electron chi connectivity index (χ1n) is 6.45. The Morgan fingerprint density at radius 3 is 2.10 bits per heavy atom. The molecule has 0 heterocycles. The summed E-state index contributed by atoms with van der Waals surface area (Å²) >= 11 is 0. The first-order chi connectivity index (χ1) is 9.88. The molecule has 0 saturated heterocycles. The lowest BCUT2D eigenvalue weighted by Crippen LogP contribution is -2.26. The number of benzene rings is 1. The van der Waals surface area contributed by atoms with E-state index in [2.05, 4.69) is 0 Å². The molecule has 1 aliphatic carbocycles. The van der Waals surface area contributed by atoms with Crippen LogP contribution in [0.3, 0.4) is 0 Å². The zero-order valence-electron chi connectivity index (χ0n) is 11.2. The topological polar surface area (TPSA) is 52.9 Å². The van der Waals surface area contributed by atoms with Gasteiger partial charge in [0.05, 0.1) is 0 Å². The van der Waals surface area contributed by atoms with Crippen LogP contribution in [-0.4, -0.2) is 5.91 Å². The molecular formula is C14H12F4N2O. The second-order valence-electron chi connectivity index (χ2n) is 5.10. The predicted octanol–water partition coefficient (Wildman–Crippen LogP) is 3.63. The van der Waals surface area contributed by atoms with Gasteiger partial charge in [0.15, 0.2) is 23.3 Å². The van der Waals surface area contributed by atoms with E-state index < -0.39 is 45.8 Å². The van der Waals surface area contributed by atoms with E-state index in [0.717, 1.165) is 6.07 Å². The Balaban J connectivity index is 2.38. The fraction of sp³-hybridized carbons (Fsp3) is 0.429. The smallest absolute Gasteiger partial charge is 0.230 e. The summed E-state index contributed by atoms with van der Waals surface area (Å²) in [5, 5.41) is 10.4. The summed E-state index contributed by atoms with van der Waals surface area (Å²) in [6.07, 6.45) is 2.37. The van der Waals surface area contributed by atoms with E-state index in [9.17, 15) is 22.4 Å². The van der Waals surface area contributed by atoms with E-state index in [4.69, 9.17) is 5.26 Å². The van der Waals surface area contributed by atoms with Crippen LogP contribution in [0.15, 0.2) is 0 Å². The number of hydrogen-bond acceptors (Lipinski definition) is 2. The van der Waals surface area contributed by atoms with Crippen molar-refractivity contribution in [1.82, 2.24) is 0 Å². The SMILES string of the molecule is CCCC1(C(=O)Nc2c(F)c(F)c(C#N)c(F)c2F)CC1. The van der Waals surface area contributed by atoms with Crippen LogP contribution >= 0.6 is 0 Å². The monoisotopic (exact) mass is 300 g/mol. The molecule has 0 aromatic heterocycles. The predicted molar refractivity (Wildman–Crippen MR) is 66.2 cm³/mol. The molecule has 0 bridgehead atoms. The minimum atomic E-state index is -1.81. The van der Waals surface area contributed by atoms with E-state index in [-0.39, 0.29) is 0 Å². The van der Waals surface area contributed by atoms with Gasteiger partial charge in [0, 0.05) is 5.41 Å². The number of nitrogens with one attached hydrogen (secondary N) is 1. The highest BCUT2D eigenvalue weighted by Crippen LogP contribution is 2.50. The van der Waals surface area contributed by atoms with Gasteiger partial charge in [-0.2, -0.15) is 5.26 Å². The maximum atomic E-state index is 13.7. The standard InChI is InChI=1S/C14H12F4N2O/c1-2-3-14(4-5-14)13(21)20-12-10(17)8(15)7(6-19)9(16)11(12)18/h2-5H2,1H3,(H,20,21). The first kappa shape index (κ1) is 15.3. The molecule has 1 aromatic rings. The van der Waals surface area contributed by atoms with Gasteiger partial charge < -0.3 is 5.32 Å². The summed E-state index contributed by atoms with van der Waals surface area (Å²) in [6, 6.07) is 1.05. The van der Waals surface area contributed by atoms with E-state index in [1.165, 1.54) is 0 Å². The van der Waals surface area contributed by atoms with E-state index in [1.807, 2.05) is 12.2 Å². The zero-order chi connectivity index (χ0) is 15.8. The van der Waals surface area contributed by atoms with Crippen molar-refractivity contribution in [2.45, 2.75) is 32.6 Å². The van der Waals surface area contributed by atoms with Crippen LogP contribution in [0.5, 0.6) is 0 Å². The van der Waals surface area contributed by atoms with E-state index in [0.29, 0.717) is 25.7 Å². The van der Waals surface area contributed by atoms with Gasteiger partial charge in [0.25, 0.3) is 0 Å². The number of nitrogens with zero attached hydrogens (tertiary/aromatic N) is 1. The molecule has 7 heteroatoms. The van der Waals surface area contributed by atoms with Gasteiger partial charge in [-0.05, 0) is 19.3 Å². The zero-order valence-corrected chi connectivity index (χ0v) is 11.2. The lowest BCUT2D eigenvalue weighted by atomic mass is 9.99. The fourth-order valence-electron chi connectivity index (χ4n) is 2.31. The Hall–Kier alpha value is -2.10. The number of carbonyl (C=O) groups is 1. The third-order valence-corrected chi connectivity index (χ3v) is 3.68. The van der Waals surface area contributed by atoms with E-state index >= 15 is 0 Å². The van der Waals surface area contributed by atoms with Crippen molar-refractivity contribution in [2.24, 2.45) is 5.41 Å². The first-order valence-corrected chi connectivity index (χ1v) is 6.45. The van der Waals surface area contributed by atoms with Gasteiger partial charge >= 0.3 is 0 Å². The maximum absolute atomic E-state index is 13.7. The molecule has 3 nitrogen and oxygen atoms in total. The largest absolute Gasteiger partial charge is 0.321 e. The number of carbonyl (C=O) groups excluding carboxylic acids is 1. The highest BCUT2D eigenvalue weighted by Gasteiger charge is 2.49. The summed E-state index contributed by atoms with van der Waals surface area (Å²) in [7, 11) is 0. The van der Waals surface area contributed by atoms with Gasteiger partial charge in [-0.3, -0.25) is 4.79 Å². The number of rotatable bonds is 4. The number of halogens is 4. The normalized spacial score (nSPS) is 15.4. The van der Waals surface area contributed by atoms with Gasteiger partial charge in [-0.1, -0.05) is 13.3 Å². The van der Waals surface area contributed by atoms with Crippen molar-refractivity contribution in [2.75, 3.05) is 5.32 Å². The average Bonchev–Trinajstić information content (AvgIpc) is 3.23. The second kappa shape index (κ2) is 5.35. The highest BCUT2D eigenvalue weighted by atomic mass is 19.2. The molecule has 1 fully saturated rings. The Morgan fingerprint density at radius 2 is 1.71 bits per heavy atom. The van der Waals surface area contributed by atoms with Crippen molar-refractivity contribution < 1.29 is 22.4 Å². The van der Waals surface area contributed by atoms with Crippen LogP contribution in [0.25, 0.3) is 0 Å². The summed E-state index contributed by atoms with van der Waals surface area (Å²) in [5.74, 6) is -7.83. The molecule has 0 radical (unpaired) electrons. The fourth-order valence-corrected chi connectivity index (χ4v) is 2.31. The van der Waals surface area contributed by atoms with Gasteiger partial charge in [0.2, 0.25) is 5.91 Å². The summed E-state index contributed by atoms with van der Waals surface area (Å²) in [5.41, 5.74) is -3.25. The van der Waals surface area contributed by atoms with Crippen LogP contribution in [0.2, 0.25) is 0 Å². The quantitative estimate of drug-likeness (QED) is 0.682. The maximum Gasteiger partial charge on any atom is 0.230 e. The average molecular weight is 300 g/mol.